The molecule has 0 atom stereocenters. The Bertz CT molecular complexity index is 492. The molecule has 1 N–H and O–H groups in total. The molecule has 21 heavy (non-hydrogen) atoms. The van der Waals surface area contributed by atoms with Crippen LogP contribution in [-0.4, -0.2) is 48.3 Å². The molecule has 118 valence electrons. The monoisotopic (exact) mass is 408 g/mol. The van der Waals surface area contributed by atoms with Gasteiger partial charge in [-0.05, 0) is 39.0 Å². The van der Waals surface area contributed by atoms with E-state index in [0.29, 0.717) is 15.9 Å². The van der Waals surface area contributed by atoms with Crippen LogP contribution in [-0.2, 0) is 3.07 Å². The summed E-state index contributed by atoms with van der Waals surface area (Å²) in [7, 11) is 0. The van der Waals surface area contributed by atoms with Gasteiger partial charge in [-0.2, -0.15) is 0 Å². The lowest BCUT2D eigenvalue weighted by molar-refractivity contribution is -0.923. The first-order valence-corrected chi connectivity index (χ1v) is 9.10. The number of halogens is 1. The molecule has 0 radical (unpaired) electrons. The molecular weight excluding hydrogens is 385 g/mol. The Balaban J connectivity index is 2.74. The Labute approximate surface area is 136 Å². The van der Waals surface area contributed by atoms with Gasteiger partial charge in [0.05, 0.1) is 28.8 Å². The third-order valence-electron chi connectivity index (χ3n) is 4.10. The van der Waals surface area contributed by atoms with Crippen molar-refractivity contribution in [3.63, 3.8) is 0 Å². The van der Waals surface area contributed by atoms with Gasteiger partial charge in [0.2, 0.25) is 0 Å². The Morgan fingerprint density at radius 1 is 1.24 bits per heavy atom. The molecule has 0 saturated heterocycles. The number of hydrogen-bond acceptors (Lipinski definition) is 3. The first-order chi connectivity index (χ1) is 10.0. The normalized spacial score (nSPS) is 11.4. The largest absolute Gasteiger partial charge is 0.488 e. The van der Waals surface area contributed by atoms with E-state index in [0.717, 1.165) is 30.7 Å². The fraction of sp³-hybridized carbons (Fsp3) is 0.533. The summed E-state index contributed by atoms with van der Waals surface area (Å²) < 4.78 is 18.1. The molecule has 0 fully saturated rings. The first kappa shape index (κ1) is 18.0. The number of carboxylic acids is 1. The second kappa shape index (κ2) is 8.43. The quantitative estimate of drug-likeness (QED) is 0.504. The first-order valence-electron chi connectivity index (χ1n) is 7.14. The van der Waals surface area contributed by atoms with Crippen molar-refractivity contribution in [2.45, 2.75) is 20.8 Å². The van der Waals surface area contributed by atoms with Crippen LogP contribution in [0.25, 0.3) is 0 Å². The summed E-state index contributed by atoms with van der Waals surface area (Å²) in [6.07, 6.45) is 0. The van der Waals surface area contributed by atoms with E-state index in [9.17, 15) is 7.86 Å². The van der Waals surface area contributed by atoms with Crippen LogP contribution in [0.3, 0.4) is 0 Å². The molecule has 1 aromatic carbocycles. The summed E-state index contributed by atoms with van der Waals surface area (Å²) in [5, 5.41) is 9.11. The maximum absolute atomic E-state index is 11.1. The minimum absolute atomic E-state index is 0.0810. The van der Waals surface area contributed by atoms with Gasteiger partial charge in [0.15, 0.2) is 21.2 Å². The average Bonchev–Trinajstić information content (AvgIpc) is 2.52. The van der Waals surface area contributed by atoms with Crippen LogP contribution in [0.15, 0.2) is 18.2 Å². The summed E-state index contributed by atoms with van der Waals surface area (Å²) in [6.45, 7) is 11.1. The van der Waals surface area contributed by atoms with Crippen molar-refractivity contribution in [1.29, 1.82) is 0 Å². The molecule has 0 heterocycles. The number of hydrogen-bond donors (Lipinski definition) is 1. The van der Waals surface area contributed by atoms with Gasteiger partial charge in [-0.25, -0.2) is 4.79 Å². The van der Waals surface area contributed by atoms with Crippen molar-refractivity contribution < 1.29 is 22.2 Å². The van der Waals surface area contributed by atoms with E-state index in [2.05, 4.69) is 20.8 Å². The fourth-order valence-corrected chi connectivity index (χ4v) is 3.28. The van der Waals surface area contributed by atoms with Crippen LogP contribution in [0, 0.1) is 3.57 Å². The van der Waals surface area contributed by atoms with Crippen molar-refractivity contribution in [1.82, 2.24) is 0 Å². The summed E-state index contributed by atoms with van der Waals surface area (Å²) in [5.74, 6) is -0.540. The van der Waals surface area contributed by atoms with Gasteiger partial charge < -0.3 is 14.3 Å². The molecule has 0 bridgehead atoms. The third-order valence-corrected chi connectivity index (χ3v) is 5.51. The molecule has 5 nitrogen and oxygen atoms in total. The SMILES string of the molecule is CC[N+](CC)(CC)CCOc1ccc(I=O)c(C(=O)O)c1. The zero-order valence-corrected chi connectivity index (χ0v) is 14.9. The van der Waals surface area contributed by atoms with Crippen LogP contribution in [0.1, 0.15) is 31.1 Å². The van der Waals surface area contributed by atoms with Gasteiger partial charge in [0, 0.05) is 0 Å². The van der Waals surface area contributed by atoms with Gasteiger partial charge in [0.25, 0.3) is 0 Å². The molecule has 6 heteroatoms. The molecule has 0 aliphatic heterocycles. The molecule has 0 aliphatic rings. The molecule has 0 spiro atoms. The van der Waals surface area contributed by atoms with E-state index < -0.39 is 27.2 Å². The highest BCUT2D eigenvalue weighted by Gasteiger charge is 2.20. The molecule has 0 unspecified atom stereocenters. The van der Waals surface area contributed by atoms with Gasteiger partial charge in [-0.15, -0.1) is 0 Å². The highest BCUT2D eigenvalue weighted by molar-refractivity contribution is 14.1. The minimum Gasteiger partial charge on any atom is -0.488 e. The summed E-state index contributed by atoms with van der Waals surface area (Å²) in [6, 6.07) is 4.74. The Hall–Kier alpha value is -1.02. The molecule has 0 aromatic heterocycles. The van der Waals surface area contributed by atoms with Crippen molar-refractivity contribution >= 4 is 27.2 Å². The van der Waals surface area contributed by atoms with Crippen molar-refractivity contribution in [2.24, 2.45) is 0 Å². The number of rotatable bonds is 9. The van der Waals surface area contributed by atoms with E-state index in [1.807, 2.05) is 0 Å². The van der Waals surface area contributed by atoms with E-state index in [4.69, 9.17) is 9.84 Å². The Morgan fingerprint density at radius 2 is 1.86 bits per heavy atom. The standard InChI is InChI=1S/C15H22INO4/c1-4-17(5-2,6-3)9-10-21-12-7-8-14(16-20)13(11-12)15(18)19/h7-8,11H,4-6,9-10H2,1-3H3/p+1. The fourth-order valence-electron chi connectivity index (χ4n) is 2.33. The smallest absolute Gasteiger partial charge is 0.337 e. The van der Waals surface area contributed by atoms with Crippen molar-refractivity contribution in [3.8, 4) is 5.75 Å². The number of likely N-dealkylation sites (N-methyl/N-ethyl adjacent to an activating group) is 1. The number of carbonyl (C=O) groups is 1. The van der Waals surface area contributed by atoms with Crippen LogP contribution in [0.5, 0.6) is 5.75 Å². The van der Waals surface area contributed by atoms with E-state index in [1.165, 1.54) is 6.07 Å². The molecule has 0 amide bonds. The van der Waals surface area contributed by atoms with Gasteiger partial charge in [-0.1, -0.05) is 0 Å². The van der Waals surface area contributed by atoms with E-state index >= 15 is 0 Å². The lowest BCUT2D eigenvalue weighted by atomic mass is 10.2. The van der Waals surface area contributed by atoms with Crippen LogP contribution in [0.2, 0.25) is 0 Å². The maximum atomic E-state index is 11.1. The number of nitrogens with zero attached hydrogens (tertiary/aromatic N) is 1. The van der Waals surface area contributed by atoms with Gasteiger partial charge in [0.1, 0.15) is 18.9 Å². The third kappa shape index (κ3) is 4.74. The highest BCUT2D eigenvalue weighted by atomic mass is 127. The van der Waals surface area contributed by atoms with Crippen LogP contribution < -0.4 is 4.74 Å². The van der Waals surface area contributed by atoms with Gasteiger partial charge >= 0.3 is 5.97 Å². The van der Waals surface area contributed by atoms with Crippen LogP contribution in [0.4, 0.5) is 0 Å². The summed E-state index contributed by atoms with van der Waals surface area (Å²) in [5.41, 5.74) is 0.0810. The molecule has 0 aliphatic carbocycles. The predicted molar refractivity (Wildman–Crippen MR) is 89.1 cm³/mol. The lowest BCUT2D eigenvalue weighted by Crippen LogP contribution is -2.49. The number of benzene rings is 1. The lowest BCUT2D eigenvalue weighted by Gasteiger charge is -2.35. The predicted octanol–water partition coefficient (Wildman–Crippen LogP) is 3.13. The number of quaternary nitrogens is 1. The Morgan fingerprint density at radius 3 is 2.33 bits per heavy atom. The number of carboxylic acid groups (broad SMARTS) is 1. The topological polar surface area (TPSA) is 63.6 Å². The summed E-state index contributed by atoms with van der Waals surface area (Å²) in [4.78, 5) is 11.1. The second-order valence-corrected chi connectivity index (χ2v) is 6.49. The second-order valence-electron chi connectivity index (χ2n) is 4.89. The summed E-state index contributed by atoms with van der Waals surface area (Å²) >= 11 is -1.49. The molecule has 1 aromatic rings. The highest BCUT2D eigenvalue weighted by Crippen LogP contribution is 2.22. The Kier molecular flexibility index (Phi) is 7.24. The number of ether oxygens (including phenoxy) is 1. The minimum atomic E-state index is -1.49. The zero-order valence-electron chi connectivity index (χ0n) is 12.8. The van der Waals surface area contributed by atoms with E-state index in [-0.39, 0.29) is 5.56 Å². The van der Waals surface area contributed by atoms with E-state index in [1.54, 1.807) is 12.1 Å². The van der Waals surface area contributed by atoms with Crippen molar-refractivity contribution in [3.05, 3.63) is 27.3 Å². The van der Waals surface area contributed by atoms with Crippen LogP contribution >= 0.6 is 21.2 Å². The zero-order chi connectivity index (χ0) is 15.9. The number of aromatic carboxylic acids is 1. The van der Waals surface area contributed by atoms with Crippen molar-refractivity contribution in [2.75, 3.05) is 32.8 Å². The molecular formula is C15H23INO4+. The average molecular weight is 408 g/mol. The molecule has 1 rings (SSSR count). The molecule has 0 saturated carbocycles. The van der Waals surface area contributed by atoms with Gasteiger partial charge in [-0.3, -0.25) is 3.07 Å². The maximum Gasteiger partial charge on any atom is 0.337 e.